The maximum Gasteiger partial charge on any atom is 0.268 e. The second-order valence-corrected chi connectivity index (χ2v) is 9.99. The van der Waals surface area contributed by atoms with E-state index < -0.39 is 6.43 Å². The molecule has 0 saturated heterocycles. The first-order valence-electron chi connectivity index (χ1n) is 12.9. The Morgan fingerprint density at radius 1 is 0.976 bits per heavy atom. The molecule has 0 aliphatic heterocycles. The third kappa shape index (κ3) is 7.35. The quantitative estimate of drug-likeness (QED) is 0.0857. The number of halogens is 4. The number of aldehydes is 1. The van der Waals surface area contributed by atoms with Crippen LogP contribution < -0.4 is 14.2 Å². The van der Waals surface area contributed by atoms with Crippen LogP contribution in [0.15, 0.2) is 67.0 Å². The first-order valence-corrected chi connectivity index (χ1v) is 13.8. The molecular formula is C32H26Cl2F2N2O4. The molecule has 4 aromatic rings. The summed E-state index contributed by atoms with van der Waals surface area (Å²) >= 11 is 12.1. The lowest BCUT2D eigenvalue weighted by Gasteiger charge is -2.18. The zero-order chi connectivity index (χ0) is 30.1. The number of pyridine rings is 1. The van der Waals surface area contributed by atoms with Crippen molar-refractivity contribution in [3.05, 3.63) is 105 Å². The summed E-state index contributed by atoms with van der Waals surface area (Å²) in [5.74, 6) is 1.01. The smallest absolute Gasteiger partial charge is 0.268 e. The van der Waals surface area contributed by atoms with E-state index in [0.29, 0.717) is 40.8 Å². The van der Waals surface area contributed by atoms with Gasteiger partial charge in [0.25, 0.3) is 6.43 Å². The van der Waals surface area contributed by atoms with Crippen molar-refractivity contribution < 1.29 is 27.8 Å². The Labute approximate surface area is 252 Å². The van der Waals surface area contributed by atoms with Gasteiger partial charge in [0.05, 0.1) is 28.3 Å². The molecule has 216 valence electrons. The van der Waals surface area contributed by atoms with Gasteiger partial charge in [0.2, 0.25) is 0 Å². The van der Waals surface area contributed by atoms with Crippen molar-refractivity contribution in [3.63, 3.8) is 0 Å². The molecule has 0 bridgehead atoms. The number of benzene rings is 3. The zero-order valence-electron chi connectivity index (χ0n) is 22.6. The Hall–Kier alpha value is -4.19. The van der Waals surface area contributed by atoms with E-state index in [0.717, 1.165) is 11.1 Å². The average molecular weight is 611 g/mol. The van der Waals surface area contributed by atoms with Gasteiger partial charge >= 0.3 is 0 Å². The molecule has 3 aromatic carbocycles. The predicted molar refractivity (Wildman–Crippen MR) is 157 cm³/mol. The van der Waals surface area contributed by atoms with Crippen LogP contribution in [0.4, 0.5) is 8.78 Å². The van der Waals surface area contributed by atoms with E-state index in [1.807, 2.05) is 19.1 Å². The fraction of sp³-hybridized carbons (Fsp3) is 0.219. The lowest BCUT2D eigenvalue weighted by Crippen LogP contribution is -2.04. The van der Waals surface area contributed by atoms with Crippen LogP contribution in [0.5, 0.6) is 17.2 Å². The lowest BCUT2D eigenvalue weighted by molar-refractivity contribution is 0.111. The van der Waals surface area contributed by atoms with Crippen LogP contribution in [-0.4, -0.2) is 23.8 Å². The highest BCUT2D eigenvalue weighted by molar-refractivity contribution is 6.32. The van der Waals surface area contributed by atoms with Gasteiger partial charge in [-0.3, -0.25) is 9.78 Å². The molecule has 1 heterocycles. The first-order chi connectivity index (χ1) is 20.4. The summed E-state index contributed by atoms with van der Waals surface area (Å²) in [6, 6.07) is 16.8. The van der Waals surface area contributed by atoms with Gasteiger partial charge in [0, 0.05) is 29.9 Å². The highest BCUT2D eigenvalue weighted by Crippen LogP contribution is 2.40. The molecule has 0 amide bonds. The summed E-state index contributed by atoms with van der Waals surface area (Å²) < 4.78 is 46.0. The molecule has 0 saturated carbocycles. The van der Waals surface area contributed by atoms with E-state index in [4.69, 9.17) is 42.7 Å². The Morgan fingerprint density at radius 2 is 1.74 bits per heavy atom. The average Bonchev–Trinajstić information content (AvgIpc) is 3.00. The molecule has 0 radical (unpaired) electrons. The monoisotopic (exact) mass is 610 g/mol. The van der Waals surface area contributed by atoms with Gasteiger partial charge in [-0.2, -0.15) is 5.26 Å². The summed E-state index contributed by atoms with van der Waals surface area (Å²) in [5, 5.41) is 9.29. The molecule has 1 aromatic heterocycles. The normalized spacial score (nSPS) is 10.8. The van der Waals surface area contributed by atoms with Crippen molar-refractivity contribution in [1.29, 1.82) is 5.26 Å². The molecule has 0 aliphatic rings. The first kappa shape index (κ1) is 30.8. The third-order valence-electron chi connectivity index (χ3n) is 6.45. The number of carbonyl (C=O) groups excluding carboxylic acids is 1. The van der Waals surface area contributed by atoms with Crippen molar-refractivity contribution >= 4 is 29.5 Å². The molecule has 0 fully saturated rings. The van der Waals surface area contributed by atoms with Gasteiger partial charge in [0.1, 0.15) is 36.5 Å². The van der Waals surface area contributed by atoms with Crippen LogP contribution in [-0.2, 0) is 13.2 Å². The van der Waals surface area contributed by atoms with Gasteiger partial charge in [0.15, 0.2) is 6.29 Å². The van der Waals surface area contributed by atoms with Crippen LogP contribution in [0.25, 0.3) is 11.1 Å². The van der Waals surface area contributed by atoms with Crippen LogP contribution in [0.3, 0.4) is 0 Å². The highest BCUT2D eigenvalue weighted by Gasteiger charge is 2.22. The maximum absolute atomic E-state index is 14.2. The van der Waals surface area contributed by atoms with Crippen LogP contribution in [0.1, 0.15) is 51.0 Å². The Bertz CT molecular complexity index is 1610. The fourth-order valence-electron chi connectivity index (χ4n) is 4.32. The van der Waals surface area contributed by atoms with Gasteiger partial charge in [-0.1, -0.05) is 41.9 Å². The largest absolute Gasteiger partial charge is 0.493 e. The summed E-state index contributed by atoms with van der Waals surface area (Å²) in [6.07, 6.45) is 1.41. The summed E-state index contributed by atoms with van der Waals surface area (Å²) in [4.78, 5) is 15.7. The van der Waals surface area contributed by atoms with E-state index in [2.05, 4.69) is 4.98 Å². The molecule has 0 atom stereocenters. The number of hydrogen-bond donors (Lipinski definition) is 0. The summed E-state index contributed by atoms with van der Waals surface area (Å²) in [7, 11) is 0. The van der Waals surface area contributed by atoms with E-state index in [1.54, 1.807) is 36.5 Å². The molecule has 0 aliphatic carbocycles. The number of hydrogen-bond acceptors (Lipinski definition) is 6. The van der Waals surface area contributed by atoms with E-state index in [1.165, 1.54) is 24.4 Å². The van der Waals surface area contributed by atoms with E-state index in [-0.39, 0.29) is 53.2 Å². The fourth-order valence-corrected chi connectivity index (χ4v) is 4.66. The van der Waals surface area contributed by atoms with Crippen LogP contribution >= 0.6 is 23.2 Å². The molecule has 0 unspecified atom stereocenters. The molecule has 42 heavy (non-hydrogen) atoms. The second kappa shape index (κ2) is 14.6. The number of aromatic nitrogens is 1. The predicted octanol–water partition coefficient (Wildman–Crippen LogP) is 8.50. The number of nitrogens with zero attached hydrogens (tertiary/aromatic N) is 2. The van der Waals surface area contributed by atoms with Crippen molar-refractivity contribution in [2.24, 2.45) is 0 Å². The number of ether oxygens (including phenoxy) is 3. The highest BCUT2D eigenvalue weighted by atomic mass is 35.5. The van der Waals surface area contributed by atoms with E-state index in [9.17, 15) is 13.6 Å². The number of rotatable bonds is 13. The van der Waals surface area contributed by atoms with Crippen LogP contribution in [0.2, 0.25) is 5.02 Å². The van der Waals surface area contributed by atoms with Gasteiger partial charge in [-0.25, -0.2) is 8.78 Å². The number of nitriles is 1. The number of alkyl halides is 3. The van der Waals surface area contributed by atoms with Crippen molar-refractivity contribution in [3.8, 4) is 34.4 Å². The standard InChI is InChI=1S/C32H26Cl2F2N2O4/c1-20-23(5-2-6-25(20)26-7-3-8-28(31(26)32(35)36)40-10-4-9-33)19-42-30-13-29(24(17-39)12-27(30)34)41-18-22-11-21(14-37)15-38-16-22/h2-3,5-8,11-13,15-17,32H,4,9-10,18-19H2,1H3. The lowest BCUT2D eigenvalue weighted by atomic mass is 9.93. The Kier molecular flexibility index (Phi) is 10.7. The van der Waals surface area contributed by atoms with Crippen molar-refractivity contribution in [2.75, 3.05) is 12.5 Å². The minimum absolute atomic E-state index is 0.0622. The second-order valence-electron chi connectivity index (χ2n) is 9.21. The van der Waals surface area contributed by atoms with Crippen LogP contribution in [0, 0.1) is 18.3 Å². The Morgan fingerprint density at radius 3 is 2.48 bits per heavy atom. The third-order valence-corrected chi connectivity index (χ3v) is 7.01. The van der Waals surface area contributed by atoms with Crippen molar-refractivity contribution in [1.82, 2.24) is 4.98 Å². The molecular weight excluding hydrogens is 585 g/mol. The van der Waals surface area contributed by atoms with E-state index >= 15 is 0 Å². The van der Waals surface area contributed by atoms with Gasteiger partial charge in [-0.05, 0) is 53.8 Å². The molecule has 4 rings (SSSR count). The zero-order valence-corrected chi connectivity index (χ0v) is 24.1. The summed E-state index contributed by atoms with van der Waals surface area (Å²) in [5.41, 5.74) is 3.56. The maximum atomic E-state index is 14.2. The van der Waals surface area contributed by atoms with Gasteiger partial charge in [-0.15, -0.1) is 11.6 Å². The summed E-state index contributed by atoms with van der Waals surface area (Å²) in [6.45, 7) is 2.20. The SMILES string of the molecule is Cc1c(COc2cc(OCc3cncc(C#N)c3)c(C=O)cc2Cl)cccc1-c1cccc(OCCCCl)c1C(F)F. The molecule has 6 nitrogen and oxygen atoms in total. The minimum Gasteiger partial charge on any atom is -0.493 e. The molecule has 0 N–H and O–H groups in total. The topological polar surface area (TPSA) is 81.4 Å². The molecule has 10 heteroatoms. The minimum atomic E-state index is -2.75. The van der Waals surface area contributed by atoms with Gasteiger partial charge < -0.3 is 14.2 Å². The van der Waals surface area contributed by atoms with Crippen molar-refractivity contribution in [2.45, 2.75) is 33.0 Å². The Balaban J connectivity index is 1.58. The number of carbonyl (C=O) groups is 1. The molecule has 0 spiro atoms.